The molecule has 0 unspecified atom stereocenters. The number of hydrogen-bond acceptors (Lipinski definition) is 2. The van der Waals surface area contributed by atoms with Crippen LogP contribution in [0.5, 0.6) is 0 Å². The van der Waals surface area contributed by atoms with Gasteiger partial charge in [-0.05, 0) is 46.0 Å². The lowest BCUT2D eigenvalue weighted by Gasteiger charge is -2.30. The molecule has 116 valence electrons. The maximum absolute atomic E-state index is 6.50. The summed E-state index contributed by atoms with van der Waals surface area (Å²) in [5, 5.41) is 9.05. The highest BCUT2D eigenvalue weighted by Gasteiger charge is 2.25. The fourth-order valence-corrected chi connectivity index (χ4v) is 2.54. The van der Waals surface area contributed by atoms with Crippen molar-refractivity contribution in [3.8, 4) is 0 Å². The van der Waals surface area contributed by atoms with Crippen LogP contribution in [0.4, 0.5) is 0 Å². The Morgan fingerprint density at radius 1 is 1.15 bits per heavy atom. The number of aromatic nitrogens is 2. The predicted molar refractivity (Wildman–Crippen MR) is 87.5 cm³/mol. The summed E-state index contributed by atoms with van der Waals surface area (Å²) in [5.41, 5.74) is 2.48. The van der Waals surface area contributed by atoms with Crippen LogP contribution in [0.1, 0.15) is 59.9 Å². The Bertz CT molecular complexity index is 441. The summed E-state index contributed by atoms with van der Waals surface area (Å²) in [6, 6.07) is 0. The largest absolute Gasteiger partial charge is 0.312 e. The minimum Gasteiger partial charge on any atom is -0.312 e. The molecule has 0 saturated heterocycles. The molecule has 1 N–H and O–H groups in total. The van der Waals surface area contributed by atoms with Gasteiger partial charge in [0.05, 0.1) is 16.4 Å². The van der Waals surface area contributed by atoms with Crippen LogP contribution in [0.25, 0.3) is 0 Å². The van der Waals surface area contributed by atoms with E-state index in [9.17, 15) is 0 Å². The second kappa shape index (κ2) is 6.48. The zero-order chi connectivity index (χ0) is 15.6. The van der Waals surface area contributed by atoms with Crippen LogP contribution in [0.15, 0.2) is 0 Å². The number of rotatable bonds is 6. The van der Waals surface area contributed by atoms with Crippen molar-refractivity contribution in [1.82, 2.24) is 15.1 Å². The number of hydrogen-bond donors (Lipinski definition) is 1. The molecule has 0 bridgehead atoms. The van der Waals surface area contributed by atoms with E-state index < -0.39 is 0 Å². The number of halogens is 1. The van der Waals surface area contributed by atoms with Gasteiger partial charge in [-0.3, -0.25) is 4.68 Å². The van der Waals surface area contributed by atoms with Gasteiger partial charge < -0.3 is 5.32 Å². The summed E-state index contributed by atoms with van der Waals surface area (Å²) in [6.07, 6.45) is 1.83. The van der Waals surface area contributed by atoms with Gasteiger partial charge in [-0.25, -0.2) is 0 Å². The molecule has 0 amide bonds. The monoisotopic (exact) mass is 299 g/mol. The van der Waals surface area contributed by atoms with Crippen molar-refractivity contribution in [2.45, 2.75) is 73.4 Å². The van der Waals surface area contributed by atoms with Gasteiger partial charge in [-0.1, -0.05) is 32.4 Å². The molecule has 3 nitrogen and oxygen atoms in total. The van der Waals surface area contributed by atoms with Crippen molar-refractivity contribution in [3.63, 3.8) is 0 Å². The molecule has 0 aliphatic heterocycles. The molecule has 20 heavy (non-hydrogen) atoms. The van der Waals surface area contributed by atoms with Crippen molar-refractivity contribution >= 4 is 11.6 Å². The highest BCUT2D eigenvalue weighted by atomic mass is 35.5. The van der Waals surface area contributed by atoms with E-state index in [4.69, 9.17) is 11.6 Å². The Labute approximate surface area is 129 Å². The van der Waals surface area contributed by atoms with E-state index in [2.05, 4.69) is 63.6 Å². The van der Waals surface area contributed by atoms with Crippen molar-refractivity contribution in [3.05, 3.63) is 16.4 Å². The quantitative estimate of drug-likeness (QED) is 0.858. The minimum absolute atomic E-state index is 0.140. The van der Waals surface area contributed by atoms with Crippen LogP contribution in [-0.2, 0) is 19.4 Å². The first kappa shape index (κ1) is 17.5. The lowest BCUT2D eigenvalue weighted by Crippen LogP contribution is -2.42. The summed E-state index contributed by atoms with van der Waals surface area (Å²) in [4.78, 5) is 0. The maximum Gasteiger partial charge on any atom is 0.0850 e. The Morgan fingerprint density at radius 2 is 1.75 bits per heavy atom. The van der Waals surface area contributed by atoms with Gasteiger partial charge in [0.25, 0.3) is 0 Å². The van der Waals surface area contributed by atoms with Crippen LogP contribution < -0.4 is 5.32 Å². The highest BCUT2D eigenvalue weighted by molar-refractivity contribution is 6.31. The SMILES string of the molecule is CCc1nn(CC)c(CC(C)(C)CNC(C)(C)C)c1Cl. The highest BCUT2D eigenvalue weighted by Crippen LogP contribution is 2.29. The van der Waals surface area contributed by atoms with Crippen LogP contribution in [0.3, 0.4) is 0 Å². The van der Waals surface area contributed by atoms with E-state index >= 15 is 0 Å². The van der Waals surface area contributed by atoms with Gasteiger partial charge >= 0.3 is 0 Å². The molecule has 1 rings (SSSR count). The summed E-state index contributed by atoms with van der Waals surface area (Å²) in [7, 11) is 0. The zero-order valence-electron chi connectivity index (χ0n) is 14.1. The van der Waals surface area contributed by atoms with E-state index in [1.807, 2.05) is 0 Å². The zero-order valence-corrected chi connectivity index (χ0v) is 14.9. The molecule has 1 aromatic rings. The van der Waals surface area contributed by atoms with Crippen LogP contribution in [-0.4, -0.2) is 21.9 Å². The Kier molecular flexibility index (Phi) is 5.68. The average Bonchev–Trinajstić information content (AvgIpc) is 2.63. The molecule has 1 aromatic heterocycles. The third-order valence-electron chi connectivity index (χ3n) is 3.44. The van der Waals surface area contributed by atoms with Crippen molar-refractivity contribution in [2.75, 3.05) is 6.54 Å². The van der Waals surface area contributed by atoms with Crippen LogP contribution in [0.2, 0.25) is 5.02 Å². The lowest BCUT2D eigenvalue weighted by atomic mass is 9.86. The normalized spacial score (nSPS) is 13.0. The standard InChI is InChI=1S/C16H30ClN3/c1-8-12-14(17)13(20(9-2)19-12)10-16(6,7)11-18-15(3,4)5/h18H,8-11H2,1-7H3. The molecule has 0 spiro atoms. The fraction of sp³-hybridized carbons (Fsp3) is 0.812. The minimum atomic E-state index is 0.140. The second-order valence-electron chi connectivity index (χ2n) is 7.32. The summed E-state index contributed by atoms with van der Waals surface area (Å²) < 4.78 is 2.06. The molecular weight excluding hydrogens is 270 g/mol. The van der Waals surface area contributed by atoms with E-state index in [0.29, 0.717) is 0 Å². The summed E-state index contributed by atoms with van der Waals surface area (Å²) in [6.45, 7) is 17.2. The third kappa shape index (κ3) is 4.78. The molecule has 1 heterocycles. The molecule has 0 aromatic carbocycles. The summed E-state index contributed by atoms with van der Waals surface area (Å²) >= 11 is 6.50. The topological polar surface area (TPSA) is 29.9 Å². The molecule has 0 aliphatic rings. The first-order valence-corrected chi connectivity index (χ1v) is 7.96. The molecular formula is C16H30ClN3. The van der Waals surface area contributed by atoms with E-state index in [-0.39, 0.29) is 11.0 Å². The number of aryl methyl sites for hydroxylation is 2. The van der Waals surface area contributed by atoms with Gasteiger partial charge in [0, 0.05) is 18.6 Å². The predicted octanol–water partition coefficient (Wildman–Crippen LogP) is 4.08. The Hall–Kier alpha value is -0.540. The third-order valence-corrected chi connectivity index (χ3v) is 3.87. The van der Waals surface area contributed by atoms with E-state index in [1.54, 1.807) is 0 Å². The van der Waals surface area contributed by atoms with Gasteiger partial charge in [0.2, 0.25) is 0 Å². The number of nitrogens with one attached hydrogen (secondary N) is 1. The van der Waals surface area contributed by atoms with E-state index in [1.165, 1.54) is 5.69 Å². The van der Waals surface area contributed by atoms with E-state index in [0.717, 1.165) is 36.6 Å². The van der Waals surface area contributed by atoms with Crippen LogP contribution in [0, 0.1) is 5.41 Å². The lowest BCUT2D eigenvalue weighted by molar-refractivity contribution is 0.283. The van der Waals surface area contributed by atoms with Crippen LogP contribution >= 0.6 is 11.6 Å². The van der Waals surface area contributed by atoms with Gasteiger partial charge in [0.1, 0.15) is 0 Å². The van der Waals surface area contributed by atoms with Crippen molar-refractivity contribution < 1.29 is 0 Å². The summed E-state index contributed by atoms with van der Waals surface area (Å²) in [5.74, 6) is 0. The fourth-order valence-electron chi connectivity index (χ4n) is 2.21. The van der Waals surface area contributed by atoms with Gasteiger partial charge in [-0.15, -0.1) is 0 Å². The molecule has 0 atom stereocenters. The molecule has 0 saturated carbocycles. The second-order valence-corrected chi connectivity index (χ2v) is 7.70. The Morgan fingerprint density at radius 3 is 2.20 bits per heavy atom. The van der Waals surface area contributed by atoms with Crippen molar-refractivity contribution in [1.29, 1.82) is 0 Å². The van der Waals surface area contributed by atoms with Crippen molar-refractivity contribution in [2.24, 2.45) is 5.41 Å². The Balaban J connectivity index is 2.88. The molecule has 4 heteroatoms. The smallest absolute Gasteiger partial charge is 0.0850 e. The molecule has 0 aliphatic carbocycles. The first-order valence-electron chi connectivity index (χ1n) is 7.58. The molecule has 0 radical (unpaired) electrons. The first-order chi connectivity index (χ1) is 9.09. The van der Waals surface area contributed by atoms with Gasteiger partial charge in [-0.2, -0.15) is 5.10 Å². The molecule has 0 fully saturated rings. The maximum atomic E-state index is 6.50. The number of nitrogens with zero attached hydrogens (tertiary/aromatic N) is 2. The average molecular weight is 300 g/mol. The van der Waals surface area contributed by atoms with Gasteiger partial charge in [0.15, 0.2) is 0 Å².